The molecule has 0 saturated heterocycles. The lowest BCUT2D eigenvalue weighted by molar-refractivity contribution is 0.0952. The van der Waals surface area contributed by atoms with E-state index in [2.05, 4.69) is 36.8 Å². The predicted molar refractivity (Wildman–Crippen MR) is 107 cm³/mol. The van der Waals surface area contributed by atoms with Crippen LogP contribution in [0.1, 0.15) is 33.7 Å². The molecule has 0 radical (unpaired) electrons. The Hall–Kier alpha value is -2.93. The molecule has 3 aromatic rings. The Morgan fingerprint density at radius 2 is 1.78 bits per heavy atom. The molecule has 1 saturated carbocycles. The molecular formula is C20H17BrN4O2. The summed E-state index contributed by atoms with van der Waals surface area (Å²) >= 11 is 3.40. The lowest BCUT2D eigenvalue weighted by Crippen LogP contribution is -2.27. The van der Waals surface area contributed by atoms with Gasteiger partial charge in [0.1, 0.15) is 5.69 Å². The second-order valence-electron chi connectivity index (χ2n) is 6.42. The number of nitrogens with zero attached hydrogens (tertiary/aromatic N) is 1. The molecule has 3 N–H and O–H groups in total. The Morgan fingerprint density at radius 3 is 2.52 bits per heavy atom. The van der Waals surface area contributed by atoms with Crippen molar-refractivity contribution in [2.24, 2.45) is 0 Å². The Kier molecular flexibility index (Phi) is 4.77. The molecule has 0 aliphatic heterocycles. The number of carbonyl (C=O) groups excluding carboxylic acids is 2. The van der Waals surface area contributed by atoms with Gasteiger partial charge in [-0.05, 0) is 43.2 Å². The van der Waals surface area contributed by atoms with Gasteiger partial charge in [0.25, 0.3) is 11.8 Å². The van der Waals surface area contributed by atoms with E-state index >= 15 is 0 Å². The maximum atomic E-state index is 12.6. The Labute approximate surface area is 164 Å². The van der Waals surface area contributed by atoms with Crippen molar-refractivity contribution in [3.05, 3.63) is 70.3 Å². The smallest absolute Gasteiger partial charge is 0.273 e. The van der Waals surface area contributed by atoms with E-state index in [1.165, 1.54) is 0 Å². The first-order valence-electron chi connectivity index (χ1n) is 8.63. The number of para-hydroxylation sites is 1. The van der Waals surface area contributed by atoms with Gasteiger partial charge in [0.15, 0.2) is 0 Å². The molecule has 27 heavy (non-hydrogen) atoms. The molecule has 1 aliphatic rings. The summed E-state index contributed by atoms with van der Waals surface area (Å²) in [5.74, 6) is -0.522. The van der Waals surface area contributed by atoms with Gasteiger partial charge in [-0.1, -0.05) is 40.2 Å². The fourth-order valence-corrected chi connectivity index (χ4v) is 2.94. The number of hydrogen-bond acceptors (Lipinski definition) is 3. The van der Waals surface area contributed by atoms with Gasteiger partial charge in [-0.3, -0.25) is 14.7 Å². The molecular weight excluding hydrogens is 408 g/mol. The molecule has 2 amide bonds. The van der Waals surface area contributed by atoms with Crippen LogP contribution < -0.4 is 10.6 Å². The number of nitrogens with one attached hydrogen (secondary N) is 3. The van der Waals surface area contributed by atoms with E-state index in [0.29, 0.717) is 22.6 Å². The number of rotatable bonds is 5. The van der Waals surface area contributed by atoms with Crippen molar-refractivity contribution in [2.45, 2.75) is 18.9 Å². The van der Waals surface area contributed by atoms with E-state index in [-0.39, 0.29) is 17.9 Å². The summed E-state index contributed by atoms with van der Waals surface area (Å²) in [5.41, 5.74) is 2.82. The van der Waals surface area contributed by atoms with Crippen molar-refractivity contribution in [3.63, 3.8) is 0 Å². The van der Waals surface area contributed by atoms with Crippen molar-refractivity contribution < 1.29 is 9.59 Å². The first-order valence-corrected chi connectivity index (χ1v) is 9.42. The van der Waals surface area contributed by atoms with Gasteiger partial charge in [-0.15, -0.1) is 0 Å². The number of H-pyrrole nitrogens is 1. The maximum Gasteiger partial charge on any atom is 0.273 e. The highest BCUT2D eigenvalue weighted by molar-refractivity contribution is 9.10. The average Bonchev–Trinajstić information content (AvgIpc) is 3.34. The van der Waals surface area contributed by atoms with E-state index in [1.54, 1.807) is 30.3 Å². The Morgan fingerprint density at radius 1 is 1.04 bits per heavy atom. The first-order chi connectivity index (χ1) is 13.1. The fourth-order valence-electron chi connectivity index (χ4n) is 2.68. The summed E-state index contributed by atoms with van der Waals surface area (Å²) in [6.07, 6.45) is 2.01. The molecule has 0 unspecified atom stereocenters. The van der Waals surface area contributed by atoms with Crippen LogP contribution in [0.2, 0.25) is 0 Å². The minimum absolute atomic E-state index is 0.173. The molecule has 0 spiro atoms. The summed E-state index contributed by atoms with van der Waals surface area (Å²) in [4.78, 5) is 25.0. The quantitative estimate of drug-likeness (QED) is 0.578. The van der Waals surface area contributed by atoms with Crippen LogP contribution >= 0.6 is 15.9 Å². The van der Waals surface area contributed by atoms with Gasteiger partial charge < -0.3 is 10.6 Å². The van der Waals surface area contributed by atoms with E-state index in [4.69, 9.17) is 0 Å². The Balaban J connectivity index is 1.51. The number of aromatic nitrogens is 2. The average molecular weight is 425 g/mol. The summed E-state index contributed by atoms with van der Waals surface area (Å²) in [6.45, 7) is 0. The SMILES string of the molecule is O=C(Nc1ccccc1C(=O)NC1CC1)c1cc(-c2ccc(Br)cc2)n[nH]1. The normalized spacial score (nSPS) is 13.2. The summed E-state index contributed by atoms with van der Waals surface area (Å²) in [5, 5.41) is 12.7. The molecule has 1 aliphatic carbocycles. The number of hydrogen-bond donors (Lipinski definition) is 3. The molecule has 0 atom stereocenters. The number of carbonyl (C=O) groups is 2. The molecule has 0 bridgehead atoms. The summed E-state index contributed by atoms with van der Waals surface area (Å²) in [6, 6.07) is 16.6. The summed E-state index contributed by atoms with van der Waals surface area (Å²) in [7, 11) is 0. The van der Waals surface area contributed by atoms with Crippen molar-refractivity contribution in [1.29, 1.82) is 0 Å². The van der Waals surface area contributed by atoms with Gasteiger partial charge >= 0.3 is 0 Å². The third kappa shape index (κ3) is 4.09. The van der Waals surface area contributed by atoms with Gasteiger partial charge in [-0.25, -0.2) is 0 Å². The van der Waals surface area contributed by atoms with Gasteiger partial charge in [0, 0.05) is 16.1 Å². The number of anilines is 1. The number of amides is 2. The van der Waals surface area contributed by atoms with E-state index in [1.807, 2.05) is 24.3 Å². The molecule has 136 valence electrons. The number of halogens is 1. The second-order valence-corrected chi connectivity index (χ2v) is 7.34. The zero-order valence-electron chi connectivity index (χ0n) is 14.3. The lowest BCUT2D eigenvalue weighted by atomic mass is 10.1. The molecule has 1 fully saturated rings. The van der Waals surface area contributed by atoms with E-state index in [0.717, 1.165) is 22.9 Å². The predicted octanol–water partition coefficient (Wildman–Crippen LogP) is 3.98. The van der Waals surface area contributed by atoms with Crippen LogP contribution in [0.25, 0.3) is 11.3 Å². The van der Waals surface area contributed by atoms with Crippen molar-refractivity contribution in [1.82, 2.24) is 15.5 Å². The minimum Gasteiger partial charge on any atom is -0.349 e. The highest BCUT2D eigenvalue weighted by atomic mass is 79.9. The van der Waals surface area contributed by atoms with Crippen LogP contribution in [0.4, 0.5) is 5.69 Å². The van der Waals surface area contributed by atoms with Crippen LogP contribution in [0, 0.1) is 0 Å². The van der Waals surface area contributed by atoms with Crippen LogP contribution in [-0.2, 0) is 0 Å². The Bertz CT molecular complexity index is 993. The van der Waals surface area contributed by atoms with Crippen molar-refractivity contribution in [2.75, 3.05) is 5.32 Å². The van der Waals surface area contributed by atoms with Crippen molar-refractivity contribution >= 4 is 33.4 Å². The number of benzene rings is 2. The van der Waals surface area contributed by atoms with Crippen LogP contribution in [0.15, 0.2) is 59.1 Å². The standard InChI is InChI=1S/C20H17BrN4O2/c21-13-7-5-12(6-8-13)17-11-18(25-24-17)20(27)23-16-4-2-1-3-15(16)19(26)22-14-9-10-14/h1-8,11,14H,9-10H2,(H,22,26)(H,23,27)(H,24,25). The van der Waals surface area contributed by atoms with E-state index < -0.39 is 0 Å². The lowest BCUT2D eigenvalue weighted by Gasteiger charge is -2.10. The van der Waals surface area contributed by atoms with Gasteiger partial charge in [0.05, 0.1) is 16.9 Å². The monoisotopic (exact) mass is 424 g/mol. The first kappa shape index (κ1) is 17.5. The third-order valence-corrected chi connectivity index (χ3v) is 4.82. The zero-order valence-corrected chi connectivity index (χ0v) is 15.9. The molecule has 6 nitrogen and oxygen atoms in total. The van der Waals surface area contributed by atoms with Crippen LogP contribution in [0.3, 0.4) is 0 Å². The zero-order chi connectivity index (χ0) is 18.8. The highest BCUT2D eigenvalue weighted by Crippen LogP contribution is 2.23. The number of aromatic amines is 1. The van der Waals surface area contributed by atoms with Crippen molar-refractivity contribution in [3.8, 4) is 11.3 Å². The fraction of sp³-hybridized carbons (Fsp3) is 0.150. The molecule has 2 aromatic carbocycles. The highest BCUT2D eigenvalue weighted by Gasteiger charge is 2.25. The van der Waals surface area contributed by atoms with Gasteiger partial charge in [-0.2, -0.15) is 5.10 Å². The second kappa shape index (κ2) is 7.36. The topological polar surface area (TPSA) is 86.9 Å². The van der Waals surface area contributed by atoms with Crippen LogP contribution in [-0.4, -0.2) is 28.1 Å². The molecule has 1 aromatic heterocycles. The molecule has 4 rings (SSSR count). The van der Waals surface area contributed by atoms with E-state index in [9.17, 15) is 9.59 Å². The minimum atomic E-state index is -0.350. The third-order valence-electron chi connectivity index (χ3n) is 4.29. The van der Waals surface area contributed by atoms with Crippen LogP contribution in [0.5, 0.6) is 0 Å². The van der Waals surface area contributed by atoms with Gasteiger partial charge in [0.2, 0.25) is 0 Å². The largest absolute Gasteiger partial charge is 0.349 e. The molecule has 7 heteroatoms. The maximum absolute atomic E-state index is 12.6. The molecule has 1 heterocycles. The summed E-state index contributed by atoms with van der Waals surface area (Å²) < 4.78 is 0.973.